The molecule has 2 aromatic carbocycles. The molecule has 0 amide bonds. The highest BCUT2D eigenvalue weighted by Gasteiger charge is 2.14. The monoisotopic (exact) mass is 288 g/mol. The molecule has 0 bridgehead atoms. The number of hydrogen-bond acceptors (Lipinski definition) is 1. The molecule has 2 aromatic rings. The van der Waals surface area contributed by atoms with Gasteiger partial charge in [-0.3, -0.25) is 0 Å². The van der Waals surface area contributed by atoms with Crippen LogP contribution < -0.4 is 0 Å². The summed E-state index contributed by atoms with van der Waals surface area (Å²) >= 11 is 6.22. The highest BCUT2D eigenvalue weighted by Crippen LogP contribution is 2.27. The van der Waals surface area contributed by atoms with Crippen molar-refractivity contribution in [2.45, 2.75) is 32.1 Å². The predicted octanol–water partition coefficient (Wildman–Crippen LogP) is 4.78. The maximum Gasteiger partial charge on any atom is 0.0503 e. The molecule has 2 heteroatoms. The lowest BCUT2D eigenvalue weighted by Gasteiger charge is -2.16. The van der Waals surface area contributed by atoms with Crippen molar-refractivity contribution in [1.82, 2.24) is 0 Å². The summed E-state index contributed by atoms with van der Waals surface area (Å²) in [5.41, 5.74) is 3.59. The van der Waals surface area contributed by atoms with Crippen LogP contribution in [0, 0.1) is 0 Å². The van der Waals surface area contributed by atoms with Gasteiger partial charge in [-0.1, -0.05) is 67.9 Å². The maximum absolute atomic E-state index is 9.65. The summed E-state index contributed by atoms with van der Waals surface area (Å²) in [7, 11) is 0. The molecule has 1 unspecified atom stereocenters. The normalized spacial score (nSPS) is 12.7. The Morgan fingerprint density at radius 3 is 2.20 bits per heavy atom. The fourth-order valence-electron chi connectivity index (χ4n) is 2.40. The van der Waals surface area contributed by atoms with Crippen LogP contribution in [0.25, 0.3) is 0 Å². The van der Waals surface area contributed by atoms with Crippen molar-refractivity contribution in [2.75, 3.05) is 6.61 Å². The SMILES string of the molecule is CC(C)c1ccc(CC(CO)c2ccccc2Cl)cc1. The van der Waals surface area contributed by atoms with Gasteiger partial charge in [-0.15, -0.1) is 0 Å². The van der Waals surface area contributed by atoms with Gasteiger partial charge in [-0.2, -0.15) is 0 Å². The first-order chi connectivity index (χ1) is 9.61. The zero-order valence-electron chi connectivity index (χ0n) is 12.0. The number of aliphatic hydroxyl groups excluding tert-OH is 1. The van der Waals surface area contributed by atoms with Crippen LogP contribution in [0.4, 0.5) is 0 Å². The maximum atomic E-state index is 9.65. The number of aliphatic hydroxyl groups is 1. The summed E-state index contributed by atoms with van der Waals surface area (Å²) in [5.74, 6) is 0.592. The van der Waals surface area contributed by atoms with E-state index in [4.69, 9.17) is 11.6 Å². The van der Waals surface area contributed by atoms with Gasteiger partial charge in [-0.05, 0) is 35.1 Å². The number of hydrogen-bond donors (Lipinski definition) is 1. The molecular weight excluding hydrogens is 268 g/mol. The van der Waals surface area contributed by atoms with Crippen LogP contribution in [0.3, 0.4) is 0 Å². The molecule has 20 heavy (non-hydrogen) atoms. The van der Waals surface area contributed by atoms with Crippen LogP contribution in [-0.2, 0) is 6.42 Å². The Bertz CT molecular complexity index is 546. The summed E-state index contributed by atoms with van der Waals surface area (Å²) in [6.45, 7) is 4.49. The number of rotatable bonds is 5. The van der Waals surface area contributed by atoms with Gasteiger partial charge in [0.05, 0.1) is 6.61 Å². The van der Waals surface area contributed by atoms with Gasteiger partial charge < -0.3 is 5.11 Å². The minimum atomic E-state index is 0.0496. The second-order valence-corrected chi connectivity index (χ2v) is 5.91. The Balaban J connectivity index is 2.16. The van der Waals surface area contributed by atoms with E-state index in [9.17, 15) is 5.11 Å². The molecule has 2 rings (SSSR count). The average molecular weight is 289 g/mol. The van der Waals surface area contributed by atoms with Gasteiger partial charge in [0.2, 0.25) is 0 Å². The topological polar surface area (TPSA) is 20.2 Å². The van der Waals surface area contributed by atoms with Crippen molar-refractivity contribution in [2.24, 2.45) is 0 Å². The van der Waals surface area contributed by atoms with E-state index in [1.165, 1.54) is 11.1 Å². The summed E-state index contributed by atoms with van der Waals surface area (Å²) in [6.07, 6.45) is 0.804. The van der Waals surface area contributed by atoms with Crippen LogP contribution in [-0.4, -0.2) is 11.7 Å². The molecule has 0 spiro atoms. The van der Waals surface area contributed by atoms with Crippen LogP contribution in [0.15, 0.2) is 48.5 Å². The van der Waals surface area contributed by atoms with Crippen LogP contribution in [0.2, 0.25) is 5.02 Å². The summed E-state index contributed by atoms with van der Waals surface area (Å²) in [4.78, 5) is 0. The fraction of sp³-hybridized carbons (Fsp3) is 0.333. The van der Waals surface area contributed by atoms with Crippen molar-refractivity contribution < 1.29 is 5.11 Å². The first kappa shape index (κ1) is 15.1. The third kappa shape index (κ3) is 3.62. The van der Waals surface area contributed by atoms with Crippen molar-refractivity contribution in [1.29, 1.82) is 0 Å². The zero-order chi connectivity index (χ0) is 14.5. The standard InChI is InChI=1S/C18H21ClO/c1-13(2)15-9-7-14(8-10-15)11-16(12-20)17-5-3-4-6-18(17)19/h3-10,13,16,20H,11-12H2,1-2H3. The second kappa shape index (κ2) is 6.92. The minimum Gasteiger partial charge on any atom is -0.396 e. The lowest BCUT2D eigenvalue weighted by atomic mass is 9.91. The van der Waals surface area contributed by atoms with Gasteiger partial charge in [0.15, 0.2) is 0 Å². The molecule has 1 atom stereocenters. The average Bonchev–Trinajstić information content (AvgIpc) is 2.46. The van der Waals surface area contributed by atoms with Crippen LogP contribution >= 0.6 is 11.6 Å². The van der Waals surface area contributed by atoms with E-state index in [1.807, 2.05) is 24.3 Å². The van der Waals surface area contributed by atoms with Crippen molar-refractivity contribution in [3.8, 4) is 0 Å². The predicted molar refractivity (Wildman–Crippen MR) is 85.5 cm³/mol. The molecule has 0 aliphatic carbocycles. The zero-order valence-corrected chi connectivity index (χ0v) is 12.8. The van der Waals surface area contributed by atoms with Gasteiger partial charge in [0.25, 0.3) is 0 Å². The summed E-state index contributed by atoms with van der Waals surface area (Å²) in [5, 5.41) is 10.4. The molecule has 106 valence electrons. The van der Waals surface area contributed by atoms with Crippen molar-refractivity contribution >= 4 is 11.6 Å². The third-order valence-corrected chi connectivity index (χ3v) is 4.04. The lowest BCUT2D eigenvalue weighted by Crippen LogP contribution is -2.08. The van der Waals surface area contributed by atoms with E-state index >= 15 is 0 Å². The van der Waals surface area contributed by atoms with Gasteiger partial charge in [-0.25, -0.2) is 0 Å². The molecule has 0 saturated heterocycles. The first-order valence-corrected chi connectivity index (χ1v) is 7.43. The van der Waals surface area contributed by atoms with E-state index in [-0.39, 0.29) is 12.5 Å². The first-order valence-electron chi connectivity index (χ1n) is 7.06. The fourth-order valence-corrected chi connectivity index (χ4v) is 2.69. The second-order valence-electron chi connectivity index (χ2n) is 5.50. The van der Waals surface area contributed by atoms with Crippen molar-refractivity contribution in [3.63, 3.8) is 0 Å². The molecule has 0 aliphatic rings. The molecule has 0 aromatic heterocycles. The van der Waals surface area contributed by atoms with E-state index in [0.29, 0.717) is 5.92 Å². The Morgan fingerprint density at radius 1 is 1.00 bits per heavy atom. The molecule has 0 saturated carbocycles. The highest BCUT2D eigenvalue weighted by atomic mass is 35.5. The molecule has 0 aliphatic heterocycles. The van der Waals surface area contributed by atoms with Gasteiger partial charge >= 0.3 is 0 Å². The summed E-state index contributed by atoms with van der Waals surface area (Å²) < 4.78 is 0. The minimum absolute atomic E-state index is 0.0496. The van der Waals surface area contributed by atoms with E-state index in [2.05, 4.69) is 38.1 Å². The molecular formula is C18H21ClO. The third-order valence-electron chi connectivity index (χ3n) is 3.69. The quantitative estimate of drug-likeness (QED) is 0.839. The molecule has 0 fully saturated rings. The highest BCUT2D eigenvalue weighted by molar-refractivity contribution is 6.31. The van der Waals surface area contributed by atoms with Gasteiger partial charge in [0.1, 0.15) is 0 Å². The molecule has 1 N–H and O–H groups in total. The Kier molecular flexibility index (Phi) is 5.22. The molecule has 0 radical (unpaired) electrons. The van der Waals surface area contributed by atoms with E-state index in [1.54, 1.807) is 0 Å². The van der Waals surface area contributed by atoms with E-state index < -0.39 is 0 Å². The Labute approximate surface area is 126 Å². The van der Waals surface area contributed by atoms with Crippen molar-refractivity contribution in [3.05, 3.63) is 70.2 Å². The number of halogens is 1. The smallest absolute Gasteiger partial charge is 0.0503 e. The summed E-state index contributed by atoms with van der Waals surface area (Å²) in [6, 6.07) is 16.4. The van der Waals surface area contributed by atoms with E-state index in [0.717, 1.165) is 17.0 Å². The Hall–Kier alpha value is -1.31. The van der Waals surface area contributed by atoms with Crippen LogP contribution in [0.5, 0.6) is 0 Å². The van der Waals surface area contributed by atoms with Crippen LogP contribution in [0.1, 0.15) is 42.4 Å². The molecule has 1 nitrogen and oxygen atoms in total. The molecule has 0 heterocycles. The number of benzene rings is 2. The van der Waals surface area contributed by atoms with Gasteiger partial charge in [0, 0.05) is 10.9 Å². The Morgan fingerprint density at radius 2 is 1.65 bits per heavy atom. The lowest BCUT2D eigenvalue weighted by molar-refractivity contribution is 0.264. The largest absolute Gasteiger partial charge is 0.396 e.